The minimum Gasteiger partial charge on any atom is -0.465 e. The van der Waals surface area contributed by atoms with Gasteiger partial charge in [-0.05, 0) is 96.0 Å². The van der Waals surface area contributed by atoms with Crippen LogP contribution in [0.3, 0.4) is 0 Å². The summed E-state index contributed by atoms with van der Waals surface area (Å²) in [6.07, 6.45) is 7.16. The normalized spacial score (nSPS) is 13.3. The number of hydrogen-bond donors (Lipinski definition) is 2. The maximum absolute atomic E-state index is 12.8. The summed E-state index contributed by atoms with van der Waals surface area (Å²) < 4.78 is 11.7. The lowest BCUT2D eigenvalue weighted by molar-refractivity contribution is -0.142. The topological polar surface area (TPSA) is 93.9 Å². The second-order valence-electron chi connectivity index (χ2n) is 11.0. The smallest absolute Gasteiger partial charge is 0.338 e. The number of nitrogens with one attached hydrogen (secondary N) is 1. The number of nitrogens with zero attached hydrogens (tertiary/aromatic N) is 1. The predicted molar refractivity (Wildman–Crippen MR) is 182 cm³/mol. The fourth-order valence-corrected chi connectivity index (χ4v) is 6.47. The van der Waals surface area contributed by atoms with Gasteiger partial charge in [-0.15, -0.1) is 0 Å². The van der Waals surface area contributed by atoms with E-state index in [9.17, 15) is 9.59 Å². The van der Waals surface area contributed by atoms with E-state index < -0.39 is 0 Å². The molecule has 1 fully saturated rings. The molecule has 0 heterocycles. The van der Waals surface area contributed by atoms with Gasteiger partial charge in [0.2, 0.25) is 0 Å². The van der Waals surface area contributed by atoms with Crippen molar-refractivity contribution in [2.75, 3.05) is 30.8 Å². The van der Waals surface area contributed by atoms with Crippen molar-refractivity contribution in [2.45, 2.75) is 70.9 Å². The van der Waals surface area contributed by atoms with Gasteiger partial charge in [0, 0.05) is 22.7 Å². The highest BCUT2D eigenvalue weighted by atomic mass is 79.9. The molecule has 7 nitrogen and oxygen atoms in total. The Bertz CT molecular complexity index is 1410. The van der Waals surface area contributed by atoms with Gasteiger partial charge in [0.05, 0.1) is 46.6 Å². The van der Waals surface area contributed by atoms with Crippen LogP contribution in [0.1, 0.15) is 73.4 Å². The zero-order chi connectivity index (χ0) is 31.5. The highest BCUT2D eigenvalue weighted by Gasteiger charge is 2.23. The fourth-order valence-electron chi connectivity index (χ4n) is 5.48. The van der Waals surface area contributed by atoms with Crippen molar-refractivity contribution < 1.29 is 19.1 Å². The molecule has 236 valence electrons. The van der Waals surface area contributed by atoms with E-state index in [1.807, 2.05) is 30.3 Å². The van der Waals surface area contributed by atoms with Crippen LogP contribution in [0.15, 0.2) is 59.1 Å². The Morgan fingerprint density at radius 2 is 1.64 bits per heavy atom. The van der Waals surface area contributed by atoms with E-state index in [1.54, 1.807) is 24.3 Å². The van der Waals surface area contributed by atoms with Crippen LogP contribution in [-0.4, -0.2) is 42.6 Å². The first kappa shape index (κ1) is 34.1. The number of ether oxygens (including phenoxy) is 2. The van der Waals surface area contributed by atoms with Crippen LogP contribution in [0, 0.1) is 0 Å². The maximum Gasteiger partial charge on any atom is 0.338 e. The van der Waals surface area contributed by atoms with Crippen LogP contribution in [0.25, 0.3) is 0 Å². The number of esters is 2. The summed E-state index contributed by atoms with van der Waals surface area (Å²) >= 11 is 16.1. The molecule has 0 radical (unpaired) electrons. The van der Waals surface area contributed by atoms with Gasteiger partial charge in [0.15, 0.2) is 0 Å². The summed E-state index contributed by atoms with van der Waals surface area (Å²) in [6, 6.07) is 16.9. The van der Waals surface area contributed by atoms with Crippen molar-refractivity contribution in [1.29, 1.82) is 0 Å². The first-order valence-electron chi connectivity index (χ1n) is 15.2. The molecule has 0 bridgehead atoms. The molecule has 44 heavy (non-hydrogen) atoms. The van der Waals surface area contributed by atoms with Gasteiger partial charge >= 0.3 is 11.9 Å². The first-order valence-corrected chi connectivity index (χ1v) is 16.7. The highest BCUT2D eigenvalue weighted by molar-refractivity contribution is 9.10. The number of nitrogens with two attached hydrogens (primary N) is 1. The summed E-state index contributed by atoms with van der Waals surface area (Å²) in [7, 11) is 0. The van der Waals surface area contributed by atoms with Crippen LogP contribution in [0.4, 0.5) is 17.1 Å². The van der Waals surface area contributed by atoms with Gasteiger partial charge in [-0.25, -0.2) is 4.79 Å². The van der Waals surface area contributed by atoms with Crippen LogP contribution < -0.4 is 11.1 Å². The number of nitrogen functional groups attached to an aromatic ring is 1. The molecule has 0 spiro atoms. The average Bonchev–Trinajstić information content (AvgIpc) is 3.55. The summed E-state index contributed by atoms with van der Waals surface area (Å²) in [5.41, 5.74) is 10.6. The highest BCUT2D eigenvalue weighted by Crippen LogP contribution is 2.34. The molecule has 0 saturated heterocycles. The number of para-hydroxylation sites is 2. The Morgan fingerprint density at radius 3 is 2.34 bits per heavy atom. The summed E-state index contributed by atoms with van der Waals surface area (Å²) in [5, 5.41) is 4.21. The molecule has 0 aromatic heterocycles. The van der Waals surface area contributed by atoms with Crippen molar-refractivity contribution in [1.82, 2.24) is 4.90 Å². The molecule has 4 rings (SSSR count). The Balaban J connectivity index is 1.18. The van der Waals surface area contributed by atoms with Crippen LogP contribution >= 0.6 is 39.1 Å². The number of unbranched alkanes of at least 4 members (excludes halogenated alkanes) is 2. The molecule has 0 amide bonds. The zero-order valence-corrected chi connectivity index (χ0v) is 28.1. The van der Waals surface area contributed by atoms with Crippen molar-refractivity contribution in [3.8, 4) is 0 Å². The Kier molecular flexibility index (Phi) is 13.2. The molecule has 10 heteroatoms. The molecule has 0 atom stereocenters. The van der Waals surface area contributed by atoms with Gasteiger partial charge in [-0.1, -0.05) is 67.2 Å². The van der Waals surface area contributed by atoms with Crippen LogP contribution in [0.2, 0.25) is 10.0 Å². The zero-order valence-electron chi connectivity index (χ0n) is 25.1. The monoisotopic (exact) mass is 703 g/mol. The minimum absolute atomic E-state index is 0.110. The molecule has 1 aliphatic carbocycles. The van der Waals surface area contributed by atoms with E-state index in [4.69, 9.17) is 38.4 Å². The van der Waals surface area contributed by atoms with E-state index in [-0.39, 0.29) is 25.0 Å². The number of halogens is 3. The van der Waals surface area contributed by atoms with Crippen LogP contribution in [0.5, 0.6) is 0 Å². The lowest BCUT2D eigenvalue weighted by atomic mass is 10.1. The third-order valence-electron chi connectivity index (χ3n) is 7.93. The lowest BCUT2D eigenvalue weighted by Crippen LogP contribution is -2.32. The summed E-state index contributed by atoms with van der Waals surface area (Å²) in [6.45, 7) is 4.40. The number of benzene rings is 3. The van der Waals surface area contributed by atoms with Gasteiger partial charge in [-0.2, -0.15) is 0 Å². The number of anilines is 3. The second-order valence-corrected chi connectivity index (χ2v) is 12.7. The SMILES string of the molecule is CCN(Cc1cc(C(=O)OCCCCCOC(=O)Cc2ccccc2Nc2c(Cl)cccc2Cl)cc(Br)c1N)C1CCCC1. The van der Waals surface area contributed by atoms with Gasteiger partial charge in [0.1, 0.15) is 0 Å². The van der Waals surface area contributed by atoms with Crippen molar-refractivity contribution in [2.24, 2.45) is 0 Å². The summed E-state index contributed by atoms with van der Waals surface area (Å²) in [4.78, 5) is 27.8. The van der Waals surface area contributed by atoms with E-state index >= 15 is 0 Å². The average molecular weight is 706 g/mol. The third kappa shape index (κ3) is 9.61. The van der Waals surface area contributed by atoms with E-state index in [2.05, 4.69) is 33.1 Å². The van der Waals surface area contributed by atoms with Crippen molar-refractivity contribution in [3.63, 3.8) is 0 Å². The van der Waals surface area contributed by atoms with Gasteiger partial charge in [-0.3, -0.25) is 9.69 Å². The Hall–Kier alpha value is -2.78. The molecule has 3 aromatic carbocycles. The van der Waals surface area contributed by atoms with Crippen LogP contribution in [-0.2, 0) is 27.2 Å². The number of rotatable bonds is 15. The second kappa shape index (κ2) is 17.1. The first-order chi connectivity index (χ1) is 21.3. The molecule has 3 aromatic rings. The molecular weight excluding hydrogens is 665 g/mol. The third-order valence-corrected chi connectivity index (χ3v) is 9.22. The van der Waals surface area contributed by atoms with E-state index in [0.717, 1.165) is 29.8 Å². The standard InChI is InChI=1S/C34H40BrCl2N3O4/c1-2-40(26-12-5-6-13-26)22-25-19-24(20-27(35)32(25)38)34(42)44-18-9-3-8-17-43-31(41)21-23-11-4-7-16-30(23)39-33-28(36)14-10-15-29(33)37/h4,7,10-11,14-16,19-20,26,39H,2-3,5-6,8-9,12-13,17-18,21-22,38H2,1H3. The molecule has 0 unspecified atom stereocenters. The van der Waals surface area contributed by atoms with E-state index in [1.165, 1.54) is 25.7 Å². The van der Waals surface area contributed by atoms with Crippen molar-refractivity contribution >= 4 is 68.1 Å². The number of carbonyl (C=O) groups excluding carboxylic acids is 2. The molecule has 0 aliphatic heterocycles. The molecular formula is C34H40BrCl2N3O4. The minimum atomic E-state index is -0.368. The van der Waals surface area contributed by atoms with Gasteiger partial charge < -0.3 is 20.5 Å². The Labute approximate surface area is 278 Å². The number of hydrogen-bond acceptors (Lipinski definition) is 7. The Morgan fingerprint density at radius 1 is 0.955 bits per heavy atom. The van der Waals surface area contributed by atoms with E-state index in [0.29, 0.717) is 63.5 Å². The van der Waals surface area contributed by atoms with Crippen molar-refractivity contribution in [3.05, 3.63) is 85.8 Å². The predicted octanol–water partition coefficient (Wildman–Crippen LogP) is 8.96. The molecule has 1 saturated carbocycles. The summed E-state index contributed by atoms with van der Waals surface area (Å²) in [5.74, 6) is -0.692. The lowest BCUT2D eigenvalue weighted by Gasteiger charge is -2.28. The molecule has 3 N–H and O–H groups in total. The largest absolute Gasteiger partial charge is 0.465 e. The fraction of sp³-hybridized carbons (Fsp3) is 0.412. The number of carbonyl (C=O) groups is 2. The quantitative estimate of drug-likeness (QED) is 0.0927. The molecule has 1 aliphatic rings. The maximum atomic E-state index is 12.8. The van der Waals surface area contributed by atoms with Gasteiger partial charge in [0.25, 0.3) is 0 Å².